The second-order valence-corrected chi connectivity index (χ2v) is 4.22. The Kier molecular flexibility index (Phi) is 4.68. The number of rotatable bonds is 3. The number of anilines is 2. The van der Waals surface area contributed by atoms with Crippen LogP contribution in [0.5, 0.6) is 0 Å². The first-order valence-corrected chi connectivity index (χ1v) is 6.15. The van der Waals surface area contributed by atoms with Gasteiger partial charge in [0.25, 0.3) is 5.56 Å². The van der Waals surface area contributed by atoms with Gasteiger partial charge in [0.1, 0.15) is 5.82 Å². The Morgan fingerprint density at radius 1 is 0.952 bits per heavy atom. The van der Waals surface area contributed by atoms with E-state index in [0.29, 0.717) is 0 Å². The number of nitrogens with one attached hydrogen (secondary N) is 2. The standard InChI is InChI=1S/C15H12N4O.ClH/c20-15-9-8-13(18-19-15)11-4-6-12(7-5-11)17-14-3-1-2-10-16-14;/h1-10H,(H,16,17)(H,19,20);1H. The molecule has 3 rings (SSSR count). The predicted molar refractivity (Wildman–Crippen MR) is 85.1 cm³/mol. The summed E-state index contributed by atoms with van der Waals surface area (Å²) in [5.74, 6) is 0.794. The lowest BCUT2D eigenvalue weighted by Gasteiger charge is -2.06. The van der Waals surface area contributed by atoms with E-state index in [9.17, 15) is 4.79 Å². The van der Waals surface area contributed by atoms with Crippen LogP contribution < -0.4 is 10.9 Å². The first-order chi connectivity index (χ1) is 9.81. The Morgan fingerprint density at radius 2 is 1.76 bits per heavy atom. The van der Waals surface area contributed by atoms with Gasteiger partial charge < -0.3 is 5.32 Å². The van der Waals surface area contributed by atoms with E-state index < -0.39 is 0 Å². The monoisotopic (exact) mass is 300 g/mol. The van der Waals surface area contributed by atoms with Crippen molar-refractivity contribution in [3.05, 3.63) is 71.1 Å². The SMILES string of the molecule is Cl.O=c1ccc(-c2ccc(Nc3ccccn3)cc2)n[nH]1. The van der Waals surface area contributed by atoms with E-state index >= 15 is 0 Å². The number of aromatic nitrogens is 3. The third kappa shape index (κ3) is 3.67. The van der Waals surface area contributed by atoms with Gasteiger partial charge in [0, 0.05) is 23.5 Å². The number of nitrogens with zero attached hydrogens (tertiary/aromatic N) is 2. The molecule has 0 atom stereocenters. The summed E-state index contributed by atoms with van der Waals surface area (Å²) in [6.45, 7) is 0. The largest absolute Gasteiger partial charge is 0.340 e. The van der Waals surface area contributed by atoms with Crippen molar-refractivity contribution in [1.29, 1.82) is 0 Å². The van der Waals surface area contributed by atoms with E-state index in [4.69, 9.17) is 0 Å². The number of pyridine rings is 1. The van der Waals surface area contributed by atoms with Gasteiger partial charge in [-0.3, -0.25) is 4.79 Å². The van der Waals surface area contributed by atoms with Crippen molar-refractivity contribution in [1.82, 2.24) is 15.2 Å². The molecule has 0 saturated carbocycles. The van der Waals surface area contributed by atoms with Gasteiger partial charge in [-0.15, -0.1) is 12.4 Å². The smallest absolute Gasteiger partial charge is 0.264 e. The van der Waals surface area contributed by atoms with E-state index in [1.165, 1.54) is 6.07 Å². The highest BCUT2D eigenvalue weighted by Crippen LogP contribution is 2.20. The third-order valence-electron chi connectivity index (χ3n) is 2.80. The Labute approximate surface area is 127 Å². The maximum atomic E-state index is 11.0. The van der Waals surface area contributed by atoms with Crippen LogP contribution in [-0.2, 0) is 0 Å². The van der Waals surface area contributed by atoms with Crippen LogP contribution in [0.3, 0.4) is 0 Å². The Balaban J connectivity index is 0.00000161. The van der Waals surface area contributed by atoms with Crippen molar-refractivity contribution >= 4 is 23.9 Å². The van der Waals surface area contributed by atoms with Crippen LogP contribution >= 0.6 is 12.4 Å². The molecule has 106 valence electrons. The average Bonchev–Trinajstić information content (AvgIpc) is 2.50. The van der Waals surface area contributed by atoms with Gasteiger partial charge in [0.05, 0.1) is 5.69 Å². The lowest BCUT2D eigenvalue weighted by Crippen LogP contribution is -2.05. The summed E-state index contributed by atoms with van der Waals surface area (Å²) in [4.78, 5) is 15.2. The Hall–Kier alpha value is -2.66. The van der Waals surface area contributed by atoms with Crippen molar-refractivity contribution in [2.45, 2.75) is 0 Å². The second-order valence-electron chi connectivity index (χ2n) is 4.22. The fourth-order valence-corrected chi connectivity index (χ4v) is 1.81. The molecule has 0 fully saturated rings. The normalized spacial score (nSPS) is 9.71. The topological polar surface area (TPSA) is 70.7 Å². The van der Waals surface area contributed by atoms with Crippen LogP contribution in [0, 0.1) is 0 Å². The second kappa shape index (κ2) is 6.67. The summed E-state index contributed by atoms with van der Waals surface area (Å²) in [6.07, 6.45) is 1.74. The quantitative estimate of drug-likeness (QED) is 0.780. The molecule has 0 bridgehead atoms. The molecule has 5 nitrogen and oxygen atoms in total. The molecule has 1 aromatic carbocycles. The zero-order valence-electron chi connectivity index (χ0n) is 11.0. The lowest BCUT2D eigenvalue weighted by atomic mass is 10.1. The first-order valence-electron chi connectivity index (χ1n) is 6.15. The minimum absolute atomic E-state index is 0. The summed E-state index contributed by atoms with van der Waals surface area (Å²) in [6, 6.07) is 16.6. The predicted octanol–water partition coefficient (Wildman–Crippen LogP) is 3.00. The number of hydrogen-bond acceptors (Lipinski definition) is 4. The van der Waals surface area contributed by atoms with Crippen LogP contribution in [0.2, 0.25) is 0 Å². The molecule has 0 amide bonds. The fraction of sp³-hybridized carbons (Fsp3) is 0. The molecular formula is C15H13ClN4O. The fourth-order valence-electron chi connectivity index (χ4n) is 1.81. The van der Waals surface area contributed by atoms with E-state index in [2.05, 4.69) is 20.5 Å². The molecule has 2 N–H and O–H groups in total. The van der Waals surface area contributed by atoms with Crippen LogP contribution in [-0.4, -0.2) is 15.2 Å². The minimum Gasteiger partial charge on any atom is -0.340 e. The van der Waals surface area contributed by atoms with E-state index in [1.807, 2.05) is 42.5 Å². The van der Waals surface area contributed by atoms with Gasteiger partial charge in [0.15, 0.2) is 0 Å². The lowest BCUT2D eigenvalue weighted by molar-refractivity contribution is 0.995. The van der Waals surface area contributed by atoms with Crippen molar-refractivity contribution in [2.75, 3.05) is 5.32 Å². The Morgan fingerprint density at radius 3 is 2.38 bits per heavy atom. The van der Waals surface area contributed by atoms with Crippen LogP contribution in [0.15, 0.2) is 65.6 Å². The molecule has 2 aromatic heterocycles. The number of halogens is 1. The molecule has 0 unspecified atom stereocenters. The molecule has 0 aliphatic rings. The zero-order chi connectivity index (χ0) is 13.8. The van der Waals surface area contributed by atoms with Gasteiger partial charge in [-0.2, -0.15) is 5.10 Å². The number of hydrogen-bond donors (Lipinski definition) is 2. The number of H-pyrrole nitrogens is 1. The summed E-state index contributed by atoms with van der Waals surface area (Å²) in [7, 11) is 0. The molecule has 0 radical (unpaired) electrons. The molecule has 0 aliphatic heterocycles. The Bertz CT molecular complexity index is 736. The average molecular weight is 301 g/mol. The summed E-state index contributed by atoms with van der Waals surface area (Å²) in [5.41, 5.74) is 2.40. The maximum Gasteiger partial charge on any atom is 0.264 e. The van der Waals surface area contributed by atoms with Crippen molar-refractivity contribution in [3.63, 3.8) is 0 Å². The molecular weight excluding hydrogens is 288 g/mol. The van der Waals surface area contributed by atoms with Crippen molar-refractivity contribution in [2.24, 2.45) is 0 Å². The number of benzene rings is 1. The van der Waals surface area contributed by atoms with Gasteiger partial charge in [-0.05, 0) is 30.3 Å². The van der Waals surface area contributed by atoms with Crippen molar-refractivity contribution in [3.8, 4) is 11.3 Å². The molecule has 2 heterocycles. The summed E-state index contributed by atoms with van der Waals surface area (Å²) >= 11 is 0. The zero-order valence-corrected chi connectivity index (χ0v) is 11.8. The summed E-state index contributed by atoms with van der Waals surface area (Å²) in [5, 5.41) is 9.62. The molecule has 0 saturated heterocycles. The molecule has 0 aliphatic carbocycles. The van der Waals surface area contributed by atoms with E-state index in [1.54, 1.807) is 12.3 Å². The molecule has 21 heavy (non-hydrogen) atoms. The number of aromatic amines is 1. The maximum absolute atomic E-state index is 11.0. The van der Waals surface area contributed by atoms with E-state index in [0.717, 1.165) is 22.8 Å². The van der Waals surface area contributed by atoms with Crippen molar-refractivity contribution < 1.29 is 0 Å². The highest BCUT2D eigenvalue weighted by atomic mass is 35.5. The van der Waals surface area contributed by atoms with Gasteiger partial charge in [0.2, 0.25) is 0 Å². The highest BCUT2D eigenvalue weighted by molar-refractivity contribution is 5.85. The highest BCUT2D eigenvalue weighted by Gasteiger charge is 2.00. The minimum atomic E-state index is -0.206. The first kappa shape index (κ1) is 14.7. The van der Waals surface area contributed by atoms with Gasteiger partial charge in [-0.25, -0.2) is 10.1 Å². The van der Waals surface area contributed by atoms with Gasteiger partial charge >= 0.3 is 0 Å². The summed E-state index contributed by atoms with van der Waals surface area (Å²) < 4.78 is 0. The molecule has 3 aromatic rings. The molecule has 6 heteroatoms. The van der Waals surface area contributed by atoms with E-state index in [-0.39, 0.29) is 18.0 Å². The third-order valence-corrected chi connectivity index (χ3v) is 2.80. The van der Waals surface area contributed by atoms with Crippen LogP contribution in [0.4, 0.5) is 11.5 Å². The van der Waals surface area contributed by atoms with Gasteiger partial charge in [-0.1, -0.05) is 18.2 Å². The van der Waals surface area contributed by atoms with Crippen LogP contribution in [0.25, 0.3) is 11.3 Å². The van der Waals surface area contributed by atoms with Crippen LogP contribution in [0.1, 0.15) is 0 Å². The molecule has 0 spiro atoms.